The molecular weight excluding hydrogens is 309 g/mol. The minimum Gasteiger partial charge on any atom is -0.349 e. The van der Waals surface area contributed by atoms with Gasteiger partial charge in [0, 0.05) is 33.3 Å². The van der Waals surface area contributed by atoms with Crippen LogP contribution in [0.15, 0.2) is 17.3 Å². The maximum Gasteiger partial charge on any atom is 0.266 e. The summed E-state index contributed by atoms with van der Waals surface area (Å²) in [5.41, 5.74) is -0.0999. The van der Waals surface area contributed by atoms with Crippen LogP contribution in [0.5, 0.6) is 0 Å². The Morgan fingerprint density at radius 2 is 2.27 bits per heavy atom. The Balaban J connectivity index is 2.70. The Hall–Kier alpha value is -0.920. The van der Waals surface area contributed by atoms with Gasteiger partial charge in [-0.15, -0.1) is 0 Å². The van der Waals surface area contributed by atoms with Crippen molar-refractivity contribution in [1.29, 1.82) is 0 Å². The van der Waals surface area contributed by atoms with Crippen molar-refractivity contribution in [2.45, 2.75) is 13.0 Å². The molecule has 15 heavy (non-hydrogen) atoms. The quantitative estimate of drug-likeness (QED) is 0.754. The van der Waals surface area contributed by atoms with E-state index in [9.17, 15) is 9.59 Å². The van der Waals surface area contributed by atoms with E-state index < -0.39 is 0 Å². The van der Waals surface area contributed by atoms with Crippen LogP contribution in [0, 0.1) is 3.57 Å². The second-order valence-electron chi connectivity index (χ2n) is 3.28. The molecule has 0 bridgehead atoms. The zero-order valence-corrected chi connectivity index (χ0v) is 10.8. The summed E-state index contributed by atoms with van der Waals surface area (Å²) in [4.78, 5) is 28.2. The number of carbonyl (C=O) groups excluding carboxylic acids is 1. The Bertz CT molecular complexity index is 414. The first-order chi connectivity index (χ1) is 7.02. The molecule has 1 heterocycles. The van der Waals surface area contributed by atoms with Crippen LogP contribution in [-0.2, 0) is 11.3 Å². The number of carbonyl (C=O) groups is 1. The number of hydrogen-bond donors (Lipinski definition) is 0. The largest absolute Gasteiger partial charge is 0.349 e. The number of aromatic nitrogens is 2. The molecule has 0 atom stereocenters. The van der Waals surface area contributed by atoms with Gasteiger partial charge in [-0.1, -0.05) is 0 Å². The van der Waals surface area contributed by atoms with Crippen molar-refractivity contribution in [3.8, 4) is 0 Å². The lowest BCUT2D eigenvalue weighted by Gasteiger charge is -2.10. The predicted molar refractivity (Wildman–Crippen MR) is 64.5 cm³/mol. The average Bonchev–Trinajstić information content (AvgIpc) is 2.19. The lowest BCUT2D eigenvalue weighted by molar-refractivity contribution is -0.128. The van der Waals surface area contributed by atoms with Crippen molar-refractivity contribution >= 4 is 28.5 Å². The van der Waals surface area contributed by atoms with Crippen LogP contribution in [0.4, 0.5) is 0 Å². The highest BCUT2D eigenvalue weighted by molar-refractivity contribution is 14.1. The van der Waals surface area contributed by atoms with E-state index in [1.165, 1.54) is 22.0 Å². The minimum absolute atomic E-state index is 0.000705. The highest BCUT2D eigenvalue weighted by Gasteiger charge is 2.06. The number of rotatable bonds is 3. The van der Waals surface area contributed by atoms with E-state index in [1.54, 1.807) is 14.1 Å². The Morgan fingerprint density at radius 1 is 1.60 bits per heavy atom. The molecule has 82 valence electrons. The van der Waals surface area contributed by atoms with E-state index >= 15 is 0 Å². The molecule has 0 spiro atoms. The van der Waals surface area contributed by atoms with Gasteiger partial charge in [0.25, 0.3) is 5.56 Å². The lowest BCUT2D eigenvalue weighted by atomic mass is 10.4. The fourth-order valence-corrected chi connectivity index (χ4v) is 1.49. The molecule has 0 fully saturated rings. The van der Waals surface area contributed by atoms with Crippen LogP contribution in [0.3, 0.4) is 0 Å². The van der Waals surface area contributed by atoms with Gasteiger partial charge in [-0.2, -0.15) is 0 Å². The molecule has 1 rings (SSSR count). The van der Waals surface area contributed by atoms with Gasteiger partial charge < -0.3 is 4.90 Å². The number of hydrogen-bond acceptors (Lipinski definition) is 3. The molecule has 1 aromatic heterocycles. The van der Waals surface area contributed by atoms with Crippen molar-refractivity contribution in [3.63, 3.8) is 0 Å². The van der Waals surface area contributed by atoms with Crippen molar-refractivity contribution < 1.29 is 4.79 Å². The van der Waals surface area contributed by atoms with Gasteiger partial charge in [-0.05, 0) is 22.6 Å². The molecule has 0 radical (unpaired) electrons. The van der Waals surface area contributed by atoms with Gasteiger partial charge >= 0.3 is 0 Å². The number of amides is 1. The smallest absolute Gasteiger partial charge is 0.266 e. The Labute approximate surface area is 101 Å². The third kappa shape index (κ3) is 3.29. The molecule has 0 aliphatic carbocycles. The van der Waals surface area contributed by atoms with E-state index in [0.717, 1.165) is 0 Å². The zero-order valence-electron chi connectivity index (χ0n) is 8.61. The summed E-state index contributed by atoms with van der Waals surface area (Å²) in [5.74, 6) is 0.000705. The first kappa shape index (κ1) is 12.2. The van der Waals surface area contributed by atoms with E-state index in [2.05, 4.69) is 4.98 Å². The second kappa shape index (κ2) is 5.24. The molecule has 6 heteroatoms. The van der Waals surface area contributed by atoms with Crippen LogP contribution < -0.4 is 5.56 Å². The van der Waals surface area contributed by atoms with Crippen molar-refractivity contribution in [2.75, 3.05) is 14.1 Å². The van der Waals surface area contributed by atoms with E-state index in [4.69, 9.17) is 0 Å². The first-order valence-corrected chi connectivity index (χ1v) is 5.50. The Kier molecular flexibility index (Phi) is 4.25. The number of halogens is 1. The third-order valence-corrected chi connectivity index (χ3v) is 2.66. The normalized spacial score (nSPS) is 10.1. The van der Waals surface area contributed by atoms with E-state index in [-0.39, 0.29) is 11.5 Å². The number of nitrogens with zero attached hydrogens (tertiary/aromatic N) is 3. The van der Waals surface area contributed by atoms with Gasteiger partial charge in [0.1, 0.15) is 0 Å². The van der Waals surface area contributed by atoms with Crippen molar-refractivity contribution in [2.24, 2.45) is 0 Å². The summed E-state index contributed by atoms with van der Waals surface area (Å²) in [7, 11) is 3.39. The van der Waals surface area contributed by atoms with Gasteiger partial charge in [-0.25, -0.2) is 4.98 Å². The maximum absolute atomic E-state index is 11.5. The summed E-state index contributed by atoms with van der Waals surface area (Å²) in [6, 6.07) is 0. The SMILES string of the molecule is CN(C)C(=O)CCn1cncc(I)c1=O. The molecular formula is C9H12IN3O2. The zero-order chi connectivity index (χ0) is 11.4. The minimum atomic E-state index is -0.0999. The average molecular weight is 321 g/mol. The monoisotopic (exact) mass is 321 g/mol. The fourth-order valence-electron chi connectivity index (χ4n) is 1.02. The highest BCUT2D eigenvalue weighted by Crippen LogP contribution is 1.95. The van der Waals surface area contributed by atoms with Crippen LogP contribution in [0.2, 0.25) is 0 Å². The van der Waals surface area contributed by atoms with Gasteiger partial charge in [-0.3, -0.25) is 14.2 Å². The predicted octanol–water partition coefficient (Wildman–Crippen LogP) is 0.326. The summed E-state index contributed by atoms with van der Waals surface area (Å²) in [5, 5.41) is 0. The third-order valence-electron chi connectivity index (χ3n) is 1.92. The van der Waals surface area contributed by atoms with Gasteiger partial charge in [0.2, 0.25) is 5.91 Å². The first-order valence-electron chi connectivity index (χ1n) is 4.42. The van der Waals surface area contributed by atoms with Crippen LogP contribution in [0.25, 0.3) is 0 Å². The maximum atomic E-state index is 11.5. The van der Waals surface area contributed by atoms with Gasteiger partial charge in [0.15, 0.2) is 0 Å². The Morgan fingerprint density at radius 3 is 2.87 bits per heavy atom. The molecule has 1 amide bonds. The van der Waals surface area contributed by atoms with E-state index in [1.807, 2.05) is 22.6 Å². The second-order valence-corrected chi connectivity index (χ2v) is 4.44. The van der Waals surface area contributed by atoms with Crippen molar-refractivity contribution in [3.05, 3.63) is 26.4 Å². The molecule has 5 nitrogen and oxygen atoms in total. The summed E-state index contributed by atoms with van der Waals surface area (Å²) in [6.45, 7) is 0.375. The number of aryl methyl sites for hydroxylation is 1. The van der Waals surface area contributed by atoms with Crippen LogP contribution >= 0.6 is 22.6 Å². The molecule has 0 aliphatic rings. The fraction of sp³-hybridized carbons (Fsp3) is 0.444. The molecule has 0 unspecified atom stereocenters. The molecule has 0 aliphatic heterocycles. The van der Waals surface area contributed by atoms with Crippen LogP contribution in [0.1, 0.15) is 6.42 Å². The van der Waals surface area contributed by atoms with Gasteiger partial charge in [0.05, 0.1) is 9.90 Å². The molecule has 0 aromatic carbocycles. The highest BCUT2D eigenvalue weighted by atomic mass is 127. The van der Waals surface area contributed by atoms with Crippen LogP contribution in [-0.4, -0.2) is 34.5 Å². The summed E-state index contributed by atoms with van der Waals surface area (Å²) < 4.78 is 2.01. The standard InChI is InChI=1S/C9H12IN3O2/c1-12(2)8(14)3-4-13-6-11-5-7(10)9(13)15/h5-6H,3-4H2,1-2H3. The molecule has 0 saturated heterocycles. The lowest BCUT2D eigenvalue weighted by Crippen LogP contribution is -2.27. The summed E-state index contributed by atoms with van der Waals surface area (Å²) in [6.07, 6.45) is 3.27. The van der Waals surface area contributed by atoms with Crippen molar-refractivity contribution in [1.82, 2.24) is 14.5 Å². The molecule has 1 aromatic rings. The molecule has 0 saturated carbocycles. The van der Waals surface area contributed by atoms with E-state index in [0.29, 0.717) is 16.5 Å². The molecule has 0 N–H and O–H groups in total. The topological polar surface area (TPSA) is 55.2 Å². The summed E-state index contributed by atoms with van der Waals surface area (Å²) >= 11 is 1.93.